The van der Waals surface area contributed by atoms with Gasteiger partial charge in [0.05, 0.1) is 13.1 Å². The largest absolute Gasteiger partial charge is 0.328 e. The molecule has 0 saturated carbocycles. The van der Waals surface area contributed by atoms with E-state index in [0.29, 0.717) is 31.1 Å². The van der Waals surface area contributed by atoms with Gasteiger partial charge in [-0.2, -0.15) is 10.2 Å². The number of amides is 1. The molecule has 0 aromatic carbocycles. The number of halogens is 1. The van der Waals surface area contributed by atoms with Crippen molar-refractivity contribution in [3.63, 3.8) is 0 Å². The number of aromatic nitrogens is 6. The summed E-state index contributed by atoms with van der Waals surface area (Å²) in [7, 11) is 0. The maximum atomic E-state index is 12.7. The van der Waals surface area contributed by atoms with E-state index < -0.39 is 0 Å². The molecule has 0 aliphatic carbocycles. The van der Waals surface area contributed by atoms with Gasteiger partial charge in [-0.15, -0.1) is 0 Å². The normalized spacial score (nSPS) is 14.4. The molecule has 4 heterocycles. The molecule has 0 atom stereocenters. The molecule has 3 aromatic rings. The predicted octanol–water partition coefficient (Wildman–Crippen LogP) is 0.939. The summed E-state index contributed by atoms with van der Waals surface area (Å²) in [5.41, 5.74) is 0.689. The van der Waals surface area contributed by atoms with Crippen molar-refractivity contribution >= 4 is 23.2 Å². The number of rotatable bonds is 1. The van der Waals surface area contributed by atoms with E-state index in [9.17, 15) is 4.79 Å². The van der Waals surface area contributed by atoms with Crippen LogP contribution in [0.2, 0.25) is 5.02 Å². The maximum Gasteiger partial charge on any atom is 0.276 e. The molecular formula is C13H12ClN7O. The zero-order valence-corrected chi connectivity index (χ0v) is 12.5. The number of fused-ring (bicyclic) bond motifs is 2. The second-order valence-electron chi connectivity index (χ2n) is 5.08. The molecule has 0 unspecified atom stereocenters. The van der Waals surface area contributed by atoms with Gasteiger partial charge in [-0.05, 0) is 13.0 Å². The molecule has 3 aromatic heterocycles. The summed E-state index contributed by atoms with van der Waals surface area (Å²) in [5.74, 6) is 1.26. The fourth-order valence-electron chi connectivity index (χ4n) is 2.58. The van der Waals surface area contributed by atoms with Crippen LogP contribution in [0.1, 0.15) is 22.1 Å². The Kier molecular flexibility index (Phi) is 2.86. The van der Waals surface area contributed by atoms with Crippen LogP contribution < -0.4 is 0 Å². The van der Waals surface area contributed by atoms with Crippen LogP contribution in [0.4, 0.5) is 0 Å². The van der Waals surface area contributed by atoms with Crippen LogP contribution in [0.25, 0.3) is 5.65 Å². The summed E-state index contributed by atoms with van der Waals surface area (Å²) in [6, 6.07) is 1.73. The summed E-state index contributed by atoms with van der Waals surface area (Å²) >= 11 is 6.25. The highest BCUT2D eigenvalue weighted by atomic mass is 35.5. The number of nitrogens with zero attached hydrogens (tertiary/aromatic N) is 7. The van der Waals surface area contributed by atoms with Crippen LogP contribution in [-0.4, -0.2) is 46.7 Å². The van der Waals surface area contributed by atoms with Gasteiger partial charge in [0.1, 0.15) is 16.7 Å². The first-order valence-corrected chi connectivity index (χ1v) is 7.20. The van der Waals surface area contributed by atoms with E-state index in [1.54, 1.807) is 23.4 Å². The molecule has 0 spiro atoms. The minimum atomic E-state index is -0.220. The number of hydrogen-bond acceptors (Lipinski definition) is 5. The van der Waals surface area contributed by atoms with Crippen LogP contribution in [-0.2, 0) is 13.1 Å². The lowest BCUT2D eigenvalue weighted by molar-refractivity contribution is 0.0696. The maximum absolute atomic E-state index is 12.7. The van der Waals surface area contributed by atoms with Crippen LogP contribution >= 0.6 is 11.6 Å². The van der Waals surface area contributed by atoms with E-state index in [4.69, 9.17) is 11.6 Å². The highest BCUT2D eigenvalue weighted by Crippen LogP contribution is 2.22. The van der Waals surface area contributed by atoms with Crippen molar-refractivity contribution in [1.82, 2.24) is 34.3 Å². The lowest BCUT2D eigenvalue weighted by Crippen LogP contribution is -2.39. The smallest absolute Gasteiger partial charge is 0.276 e. The van der Waals surface area contributed by atoms with Crippen molar-refractivity contribution in [2.75, 3.05) is 6.54 Å². The summed E-state index contributed by atoms with van der Waals surface area (Å²) in [6.45, 7) is 3.40. The first-order valence-electron chi connectivity index (χ1n) is 6.82. The molecule has 1 aliphatic heterocycles. The Morgan fingerprint density at radius 1 is 1.32 bits per heavy atom. The van der Waals surface area contributed by atoms with Gasteiger partial charge in [0, 0.05) is 18.9 Å². The standard InChI is InChI=1S/C13H12ClN7O/c1-8-16-9-7-19(5-6-20(9)17-8)13(22)11-10(14)12-15-3-2-4-21(12)18-11/h2-4H,5-7H2,1H3. The molecule has 112 valence electrons. The number of carbonyl (C=O) groups excluding carboxylic acids is 1. The Bertz CT molecular complexity index is 884. The highest BCUT2D eigenvalue weighted by Gasteiger charge is 2.28. The van der Waals surface area contributed by atoms with Gasteiger partial charge in [-0.3, -0.25) is 4.79 Å². The second kappa shape index (κ2) is 4.77. The lowest BCUT2D eigenvalue weighted by Gasteiger charge is -2.26. The third kappa shape index (κ3) is 1.95. The molecule has 22 heavy (non-hydrogen) atoms. The summed E-state index contributed by atoms with van der Waals surface area (Å²) in [6.07, 6.45) is 3.32. The molecule has 4 rings (SSSR count). The molecule has 0 fully saturated rings. The summed E-state index contributed by atoms with van der Waals surface area (Å²) < 4.78 is 3.33. The van der Waals surface area contributed by atoms with E-state index in [0.717, 1.165) is 5.82 Å². The van der Waals surface area contributed by atoms with E-state index >= 15 is 0 Å². The molecule has 0 bridgehead atoms. The predicted molar refractivity (Wildman–Crippen MR) is 77.5 cm³/mol. The Labute approximate surface area is 130 Å². The zero-order valence-electron chi connectivity index (χ0n) is 11.8. The van der Waals surface area contributed by atoms with Crippen molar-refractivity contribution in [3.05, 3.63) is 40.8 Å². The average molecular weight is 318 g/mol. The van der Waals surface area contributed by atoms with Crippen molar-refractivity contribution in [2.45, 2.75) is 20.0 Å². The summed E-state index contributed by atoms with van der Waals surface area (Å²) in [4.78, 5) is 22.8. The third-order valence-electron chi connectivity index (χ3n) is 3.60. The van der Waals surface area contributed by atoms with Gasteiger partial charge in [-0.1, -0.05) is 11.6 Å². The molecule has 8 nitrogen and oxygen atoms in total. The van der Waals surface area contributed by atoms with Crippen LogP contribution in [0.3, 0.4) is 0 Å². The monoisotopic (exact) mass is 317 g/mol. The van der Waals surface area contributed by atoms with Gasteiger partial charge in [0.15, 0.2) is 11.3 Å². The molecule has 1 aliphatic rings. The minimum Gasteiger partial charge on any atom is -0.328 e. The van der Waals surface area contributed by atoms with Crippen molar-refractivity contribution in [1.29, 1.82) is 0 Å². The molecule has 0 saturated heterocycles. The van der Waals surface area contributed by atoms with Gasteiger partial charge >= 0.3 is 0 Å². The topological polar surface area (TPSA) is 81.2 Å². The lowest BCUT2D eigenvalue weighted by atomic mass is 10.3. The average Bonchev–Trinajstić information content (AvgIpc) is 3.05. The zero-order chi connectivity index (χ0) is 15.3. The van der Waals surface area contributed by atoms with Gasteiger partial charge in [-0.25, -0.2) is 19.2 Å². The van der Waals surface area contributed by atoms with E-state index in [2.05, 4.69) is 20.2 Å². The first kappa shape index (κ1) is 13.2. The Balaban J connectivity index is 1.68. The SMILES string of the molecule is Cc1nc2n(n1)CCN(C(=O)c1nn3cccnc3c1Cl)C2. The van der Waals surface area contributed by atoms with E-state index in [1.165, 1.54) is 4.52 Å². The van der Waals surface area contributed by atoms with E-state index in [-0.39, 0.29) is 16.6 Å². The van der Waals surface area contributed by atoms with Crippen molar-refractivity contribution in [2.24, 2.45) is 0 Å². The number of hydrogen-bond donors (Lipinski definition) is 0. The molecule has 1 amide bonds. The number of carbonyl (C=O) groups is 1. The quantitative estimate of drug-likeness (QED) is 0.667. The Morgan fingerprint density at radius 2 is 2.18 bits per heavy atom. The summed E-state index contributed by atoms with van der Waals surface area (Å²) in [5, 5.41) is 8.79. The highest BCUT2D eigenvalue weighted by molar-refractivity contribution is 6.36. The Morgan fingerprint density at radius 3 is 3.00 bits per heavy atom. The van der Waals surface area contributed by atoms with Gasteiger partial charge in [0.25, 0.3) is 5.91 Å². The number of aryl methyl sites for hydroxylation is 1. The van der Waals surface area contributed by atoms with Crippen LogP contribution in [0.5, 0.6) is 0 Å². The molecule has 0 radical (unpaired) electrons. The first-order chi connectivity index (χ1) is 10.6. The van der Waals surface area contributed by atoms with E-state index in [1.807, 2.05) is 11.6 Å². The molecular weight excluding hydrogens is 306 g/mol. The third-order valence-corrected chi connectivity index (χ3v) is 3.95. The van der Waals surface area contributed by atoms with Crippen molar-refractivity contribution in [3.8, 4) is 0 Å². The van der Waals surface area contributed by atoms with Crippen LogP contribution in [0, 0.1) is 6.92 Å². The fraction of sp³-hybridized carbons (Fsp3) is 0.308. The van der Waals surface area contributed by atoms with Crippen LogP contribution in [0.15, 0.2) is 18.5 Å². The van der Waals surface area contributed by atoms with Gasteiger partial charge < -0.3 is 4.90 Å². The fourth-order valence-corrected chi connectivity index (χ4v) is 2.83. The van der Waals surface area contributed by atoms with Gasteiger partial charge in [0.2, 0.25) is 0 Å². The second-order valence-corrected chi connectivity index (χ2v) is 5.45. The minimum absolute atomic E-state index is 0.213. The molecule has 9 heteroatoms. The van der Waals surface area contributed by atoms with Crippen molar-refractivity contribution < 1.29 is 4.79 Å². The molecule has 0 N–H and O–H groups in total. The Hall–Kier alpha value is -2.48.